The maximum Gasteiger partial charge on any atom is 0.0251 e. The number of hydrogen-bond acceptors (Lipinski definition) is 2. The first-order chi connectivity index (χ1) is 8.53. The van der Waals surface area contributed by atoms with Gasteiger partial charge in [-0.3, -0.25) is 0 Å². The van der Waals surface area contributed by atoms with Gasteiger partial charge in [0.05, 0.1) is 0 Å². The summed E-state index contributed by atoms with van der Waals surface area (Å²) in [5, 5.41) is 2.21. The van der Waals surface area contributed by atoms with Gasteiger partial charge in [0.2, 0.25) is 0 Å². The molecule has 2 rings (SSSR count). The van der Waals surface area contributed by atoms with Crippen molar-refractivity contribution in [1.29, 1.82) is 0 Å². The topological polar surface area (TPSA) is 3.24 Å². The lowest BCUT2D eigenvalue weighted by Crippen LogP contribution is -2.49. The molecule has 0 atom stereocenters. The van der Waals surface area contributed by atoms with Crippen LogP contribution in [0.25, 0.3) is 0 Å². The lowest BCUT2D eigenvalue weighted by molar-refractivity contribution is 0.0690. The second-order valence-electron chi connectivity index (χ2n) is 6.46. The fourth-order valence-electron chi connectivity index (χ4n) is 3.36. The van der Waals surface area contributed by atoms with E-state index in [2.05, 4.69) is 50.4 Å². The Hall–Kier alpha value is -0.340. The third-order valence-corrected chi connectivity index (χ3v) is 5.81. The molecular formula is C16H27NS. The van der Waals surface area contributed by atoms with E-state index in [1.54, 1.807) is 4.88 Å². The van der Waals surface area contributed by atoms with Crippen LogP contribution in [0.4, 0.5) is 0 Å². The van der Waals surface area contributed by atoms with Gasteiger partial charge in [-0.15, -0.1) is 11.3 Å². The third kappa shape index (κ3) is 2.97. The van der Waals surface area contributed by atoms with E-state index < -0.39 is 0 Å². The molecule has 1 aliphatic carbocycles. The van der Waals surface area contributed by atoms with Crippen LogP contribution in [0.2, 0.25) is 0 Å². The molecule has 102 valence electrons. The van der Waals surface area contributed by atoms with Crippen LogP contribution in [0, 0.1) is 11.8 Å². The van der Waals surface area contributed by atoms with E-state index in [1.165, 1.54) is 32.1 Å². The van der Waals surface area contributed by atoms with Crippen molar-refractivity contribution in [1.82, 2.24) is 4.90 Å². The number of thiophene rings is 1. The Labute approximate surface area is 116 Å². The summed E-state index contributed by atoms with van der Waals surface area (Å²) in [6, 6.07) is 4.48. The molecule has 1 aromatic rings. The molecule has 0 radical (unpaired) electrons. The predicted molar refractivity (Wildman–Crippen MR) is 81.2 cm³/mol. The molecule has 1 heterocycles. The Morgan fingerprint density at radius 3 is 2.44 bits per heavy atom. The molecule has 0 N–H and O–H groups in total. The summed E-state index contributed by atoms with van der Waals surface area (Å²) in [6.45, 7) is 4.76. The Morgan fingerprint density at radius 2 is 2.00 bits per heavy atom. The van der Waals surface area contributed by atoms with Crippen molar-refractivity contribution in [3.63, 3.8) is 0 Å². The summed E-state index contributed by atoms with van der Waals surface area (Å²) >= 11 is 1.91. The fourth-order valence-corrected chi connectivity index (χ4v) is 4.20. The first kappa shape index (κ1) is 14.1. The highest BCUT2D eigenvalue weighted by Gasteiger charge is 2.38. The van der Waals surface area contributed by atoms with Gasteiger partial charge in [0.1, 0.15) is 0 Å². The van der Waals surface area contributed by atoms with Gasteiger partial charge in [-0.2, -0.15) is 0 Å². The Balaban J connectivity index is 2.05. The predicted octanol–water partition coefficient (Wildman–Crippen LogP) is 4.44. The van der Waals surface area contributed by atoms with Crippen molar-refractivity contribution in [3.8, 4) is 0 Å². The standard InChI is InChI=1S/C16H27NS/c1-13(2)14-7-9-16(10-8-14,17(3)4)12-15-6-5-11-18-15/h5-6,11,13-14H,7-10,12H2,1-4H3. The number of hydrogen-bond donors (Lipinski definition) is 0. The molecular weight excluding hydrogens is 238 g/mol. The summed E-state index contributed by atoms with van der Waals surface area (Å²) < 4.78 is 0. The average molecular weight is 265 g/mol. The molecule has 0 spiro atoms. The van der Waals surface area contributed by atoms with Crippen LogP contribution in [0.15, 0.2) is 17.5 Å². The molecule has 1 aliphatic rings. The molecule has 0 bridgehead atoms. The maximum atomic E-state index is 2.49. The van der Waals surface area contributed by atoms with Crippen LogP contribution in [0.1, 0.15) is 44.4 Å². The largest absolute Gasteiger partial charge is 0.303 e. The molecule has 0 unspecified atom stereocenters. The van der Waals surface area contributed by atoms with Gasteiger partial charge in [-0.25, -0.2) is 0 Å². The van der Waals surface area contributed by atoms with Crippen LogP contribution >= 0.6 is 11.3 Å². The quantitative estimate of drug-likeness (QED) is 0.778. The van der Waals surface area contributed by atoms with Crippen molar-refractivity contribution in [2.24, 2.45) is 11.8 Å². The minimum absolute atomic E-state index is 0.413. The van der Waals surface area contributed by atoms with Crippen LogP contribution in [-0.4, -0.2) is 24.5 Å². The summed E-state index contributed by atoms with van der Waals surface area (Å²) in [6.07, 6.45) is 6.77. The normalized spacial score (nSPS) is 29.1. The first-order valence-corrected chi connectivity index (χ1v) is 8.11. The van der Waals surface area contributed by atoms with Crippen molar-refractivity contribution >= 4 is 11.3 Å². The van der Waals surface area contributed by atoms with E-state index in [0.717, 1.165) is 11.8 Å². The fraction of sp³-hybridized carbons (Fsp3) is 0.750. The second kappa shape index (κ2) is 5.75. The zero-order chi connectivity index (χ0) is 13.2. The SMILES string of the molecule is CC(C)C1CCC(Cc2cccs2)(N(C)C)CC1. The molecule has 1 saturated carbocycles. The van der Waals surface area contributed by atoms with Crippen LogP contribution in [0.5, 0.6) is 0 Å². The van der Waals surface area contributed by atoms with E-state index in [9.17, 15) is 0 Å². The van der Waals surface area contributed by atoms with Gasteiger partial charge in [0.15, 0.2) is 0 Å². The number of nitrogens with zero attached hydrogens (tertiary/aromatic N) is 1. The lowest BCUT2D eigenvalue weighted by Gasteiger charge is -2.46. The Kier molecular flexibility index (Phi) is 4.50. The molecule has 0 amide bonds. The van der Waals surface area contributed by atoms with Gasteiger partial charge in [0.25, 0.3) is 0 Å². The van der Waals surface area contributed by atoms with Crippen LogP contribution < -0.4 is 0 Å². The molecule has 0 aromatic carbocycles. The summed E-state index contributed by atoms with van der Waals surface area (Å²) in [5.74, 6) is 1.80. The molecule has 0 saturated heterocycles. The summed E-state index contributed by atoms with van der Waals surface area (Å²) in [5.41, 5.74) is 0.413. The zero-order valence-corrected chi connectivity index (χ0v) is 13.1. The van der Waals surface area contributed by atoms with Crippen molar-refractivity contribution < 1.29 is 0 Å². The van der Waals surface area contributed by atoms with Crippen molar-refractivity contribution in [3.05, 3.63) is 22.4 Å². The smallest absolute Gasteiger partial charge is 0.0251 e. The van der Waals surface area contributed by atoms with E-state index >= 15 is 0 Å². The monoisotopic (exact) mass is 265 g/mol. The molecule has 1 nitrogen and oxygen atoms in total. The Bertz CT molecular complexity index is 345. The van der Waals surface area contributed by atoms with E-state index in [1.807, 2.05) is 11.3 Å². The first-order valence-electron chi connectivity index (χ1n) is 7.23. The third-order valence-electron chi connectivity index (χ3n) is 4.94. The average Bonchev–Trinajstić information content (AvgIpc) is 2.82. The Morgan fingerprint density at radius 1 is 1.33 bits per heavy atom. The molecule has 2 heteroatoms. The molecule has 0 aliphatic heterocycles. The van der Waals surface area contributed by atoms with Crippen LogP contribution in [-0.2, 0) is 6.42 Å². The van der Waals surface area contributed by atoms with Gasteiger partial charge in [-0.05, 0) is 63.1 Å². The second-order valence-corrected chi connectivity index (χ2v) is 7.49. The lowest BCUT2D eigenvalue weighted by atomic mass is 9.70. The highest BCUT2D eigenvalue weighted by Crippen LogP contribution is 2.40. The van der Waals surface area contributed by atoms with Crippen molar-refractivity contribution in [2.45, 2.75) is 51.5 Å². The highest BCUT2D eigenvalue weighted by molar-refractivity contribution is 7.09. The van der Waals surface area contributed by atoms with Gasteiger partial charge in [0, 0.05) is 16.8 Å². The van der Waals surface area contributed by atoms with Crippen molar-refractivity contribution in [2.75, 3.05) is 14.1 Å². The molecule has 1 aromatic heterocycles. The van der Waals surface area contributed by atoms with E-state index in [4.69, 9.17) is 0 Å². The minimum Gasteiger partial charge on any atom is -0.303 e. The van der Waals surface area contributed by atoms with Gasteiger partial charge < -0.3 is 4.90 Å². The number of rotatable bonds is 4. The van der Waals surface area contributed by atoms with E-state index in [0.29, 0.717) is 5.54 Å². The highest BCUT2D eigenvalue weighted by atomic mass is 32.1. The summed E-state index contributed by atoms with van der Waals surface area (Å²) in [7, 11) is 4.53. The molecule has 1 fully saturated rings. The van der Waals surface area contributed by atoms with Crippen LogP contribution in [0.3, 0.4) is 0 Å². The van der Waals surface area contributed by atoms with E-state index in [-0.39, 0.29) is 0 Å². The maximum absolute atomic E-state index is 2.49. The van der Waals surface area contributed by atoms with Gasteiger partial charge in [-0.1, -0.05) is 19.9 Å². The summed E-state index contributed by atoms with van der Waals surface area (Å²) in [4.78, 5) is 4.04. The minimum atomic E-state index is 0.413. The number of likely N-dealkylation sites (N-methyl/N-ethyl adjacent to an activating group) is 1. The van der Waals surface area contributed by atoms with Gasteiger partial charge >= 0.3 is 0 Å². The zero-order valence-electron chi connectivity index (χ0n) is 12.3. The molecule has 18 heavy (non-hydrogen) atoms.